The molecule has 1 N–H and O–H groups in total. The van der Waals surface area contributed by atoms with E-state index in [2.05, 4.69) is 15.0 Å². The van der Waals surface area contributed by atoms with Crippen molar-refractivity contribution < 1.29 is 24.1 Å². The molecule has 0 amide bonds. The van der Waals surface area contributed by atoms with Crippen LogP contribution in [0.5, 0.6) is 0 Å². The van der Waals surface area contributed by atoms with Crippen LogP contribution in [0.15, 0.2) is 30.6 Å². The Hall–Kier alpha value is -0.468. The van der Waals surface area contributed by atoms with Gasteiger partial charge in [-0.25, -0.2) is 0 Å². The maximum Gasteiger partial charge on any atom is 0.0267 e. The number of hydrogen-bond acceptors (Lipinski definition) is 3. The van der Waals surface area contributed by atoms with E-state index in [9.17, 15) is 0 Å². The zero-order chi connectivity index (χ0) is 8.74. The summed E-state index contributed by atoms with van der Waals surface area (Å²) >= 11 is -4.78. The van der Waals surface area contributed by atoms with Crippen LogP contribution in [0.4, 0.5) is 0 Å². The second-order valence-electron chi connectivity index (χ2n) is 1.44. The first-order chi connectivity index (χ1) is 5.00. The van der Waals surface area contributed by atoms with Crippen LogP contribution in [0.3, 0.4) is 0 Å². The van der Waals surface area contributed by atoms with Gasteiger partial charge in [-0.1, -0.05) is 6.07 Å². The summed E-state index contributed by atoms with van der Waals surface area (Å²) in [6.07, 6.45) is 3.50. The topological polar surface area (TPSA) is 67.3 Å². The monoisotopic (exact) mass is 215 g/mol. The van der Waals surface area contributed by atoms with E-state index in [1.54, 1.807) is 12.4 Å². The molecule has 4 nitrogen and oxygen atoms in total. The van der Waals surface area contributed by atoms with Crippen molar-refractivity contribution in [1.82, 2.24) is 4.98 Å². The second kappa shape index (κ2) is 5.22. The molecule has 0 aromatic carbocycles. The van der Waals surface area contributed by atoms with Crippen molar-refractivity contribution in [2.24, 2.45) is 0 Å². The Morgan fingerprint density at radius 2 is 1.55 bits per heavy atom. The van der Waals surface area contributed by atoms with Crippen molar-refractivity contribution in [1.29, 1.82) is 0 Å². The third-order valence-electron chi connectivity index (χ3n) is 0.566. The minimum Gasteiger partial charge on any atom is -0.265 e. The Bertz CT molecular complexity index is 238. The number of hydrogen-bond donors (Lipinski definition) is 1. The van der Waals surface area contributed by atoms with Crippen LogP contribution in [0, 0.1) is 0 Å². The van der Waals surface area contributed by atoms with Crippen LogP contribution in [-0.4, -0.2) is 9.14 Å². The molecule has 0 aliphatic rings. The van der Waals surface area contributed by atoms with E-state index < -0.39 is 12.4 Å². The molecule has 0 spiro atoms. The summed E-state index contributed by atoms with van der Waals surface area (Å²) < 4.78 is 25.4. The van der Waals surface area contributed by atoms with Gasteiger partial charge < -0.3 is 0 Å². The summed E-state index contributed by atoms with van der Waals surface area (Å²) in [5.41, 5.74) is 0. The molecule has 1 aromatic heterocycles. The molecule has 0 saturated carbocycles. The van der Waals surface area contributed by atoms with Gasteiger partial charge >= 0.3 is 34.2 Å². The fourth-order valence-electron chi connectivity index (χ4n) is 0.313. The van der Waals surface area contributed by atoms with Crippen LogP contribution in [0.25, 0.3) is 0 Å². The molecule has 6 heteroatoms. The van der Waals surface area contributed by atoms with Crippen molar-refractivity contribution in [3.8, 4) is 0 Å². The van der Waals surface area contributed by atoms with E-state index in [-0.39, 0.29) is 0 Å². The van der Waals surface area contributed by atoms with Crippen LogP contribution in [0.1, 0.15) is 0 Å². The van der Waals surface area contributed by atoms with Gasteiger partial charge in [0.15, 0.2) is 0 Å². The number of halogens is 1. The van der Waals surface area contributed by atoms with Crippen molar-refractivity contribution in [2.75, 3.05) is 0 Å². The maximum atomic E-state index is 9.03. The molecule has 0 radical (unpaired) electrons. The van der Waals surface area contributed by atoms with Gasteiger partial charge in [-0.2, -0.15) is 0 Å². The van der Waals surface area contributed by atoms with Gasteiger partial charge in [-0.05, 0) is 12.1 Å². The first-order valence-electron chi connectivity index (χ1n) is 2.52. The summed E-state index contributed by atoms with van der Waals surface area (Å²) in [5, 5.41) is 0. The first-order valence-corrected chi connectivity index (χ1v) is 5.89. The molecule has 62 valence electrons. The van der Waals surface area contributed by atoms with Gasteiger partial charge in [0.25, 0.3) is 0 Å². The van der Waals surface area contributed by atoms with E-state index in [4.69, 9.17) is 11.8 Å². The van der Waals surface area contributed by atoms with Gasteiger partial charge in [-0.3, -0.25) is 4.98 Å². The van der Waals surface area contributed by atoms with Gasteiger partial charge in [0.2, 0.25) is 0 Å². The standard InChI is InChI=1S/C5H5N.ClH.Cr.H2O.2O/c1-2-4-6-5-3-1;;;;;/h1-5H;1H;;1H2;;/q;;+2;;;/p-2. The smallest absolute Gasteiger partial charge is 0.0267 e. The third-order valence-corrected chi connectivity index (χ3v) is 0.566. The predicted molar refractivity (Wildman–Crippen MR) is 33.7 cm³/mol. The quantitative estimate of drug-likeness (QED) is 0.700. The minimum atomic E-state index is -4.78. The average Bonchev–Trinajstić information content (AvgIpc) is 1.88. The van der Waals surface area contributed by atoms with Crippen molar-refractivity contribution in [3.05, 3.63) is 30.6 Å². The fourth-order valence-corrected chi connectivity index (χ4v) is 0.313. The van der Waals surface area contributed by atoms with Crippen LogP contribution >= 0.6 is 10.0 Å². The van der Waals surface area contributed by atoms with E-state index in [1.165, 1.54) is 0 Å². The molecule has 0 fully saturated rings. The molecule has 1 rings (SSSR count). The number of nitrogens with zero attached hydrogens (tertiary/aromatic N) is 1. The Balaban J connectivity index is 0.000000187. The molecule has 0 aliphatic heterocycles. The molecule has 1 aromatic rings. The molecule has 0 saturated heterocycles. The van der Waals surface area contributed by atoms with Crippen molar-refractivity contribution >= 4 is 10.0 Å². The Morgan fingerprint density at radius 3 is 1.64 bits per heavy atom. The predicted octanol–water partition coefficient (Wildman–Crippen LogP) is 0.974. The zero-order valence-electron chi connectivity index (χ0n) is 5.38. The summed E-state index contributed by atoms with van der Waals surface area (Å²) in [6.45, 7) is 0. The molecular formula is C5H6ClCrNO3. The van der Waals surface area contributed by atoms with Gasteiger partial charge in [0.05, 0.1) is 0 Å². The van der Waals surface area contributed by atoms with Gasteiger partial charge in [0, 0.05) is 12.4 Å². The van der Waals surface area contributed by atoms with Gasteiger partial charge in [-0.15, -0.1) is 0 Å². The third kappa shape index (κ3) is 17.7. The molecule has 1 heterocycles. The summed E-state index contributed by atoms with van der Waals surface area (Å²) in [5.74, 6) is 0. The summed E-state index contributed by atoms with van der Waals surface area (Å²) in [4.78, 5) is 3.78. The van der Waals surface area contributed by atoms with Crippen LogP contribution < -0.4 is 0 Å². The van der Waals surface area contributed by atoms with Crippen molar-refractivity contribution in [2.45, 2.75) is 0 Å². The summed E-state index contributed by atoms with van der Waals surface area (Å²) in [6, 6.07) is 5.72. The molecule has 11 heavy (non-hydrogen) atoms. The number of rotatable bonds is 0. The van der Waals surface area contributed by atoms with Crippen LogP contribution in [-0.2, 0) is 20.0 Å². The normalized spacial score (nSPS) is 9.64. The number of aromatic nitrogens is 1. The SMILES string of the molecule is [O]=[Cr](=[O])([OH])[Cl].c1ccncc1. The Morgan fingerprint density at radius 1 is 1.18 bits per heavy atom. The molecule has 0 bridgehead atoms. The molecular weight excluding hydrogens is 210 g/mol. The first kappa shape index (κ1) is 10.5. The summed E-state index contributed by atoms with van der Waals surface area (Å²) in [7, 11) is 4.13. The Labute approximate surface area is 70.1 Å². The molecule has 0 aliphatic carbocycles. The second-order valence-corrected chi connectivity index (χ2v) is 4.33. The average molecular weight is 216 g/mol. The minimum absolute atomic E-state index is 1.75. The van der Waals surface area contributed by atoms with E-state index in [1.807, 2.05) is 18.2 Å². The van der Waals surface area contributed by atoms with Gasteiger partial charge in [0.1, 0.15) is 0 Å². The Kier molecular flexibility index (Phi) is 5.00. The maximum absolute atomic E-state index is 9.03. The number of pyridine rings is 1. The van der Waals surface area contributed by atoms with E-state index in [0.29, 0.717) is 0 Å². The van der Waals surface area contributed by atoms with Crippen molar-refractivity contribution in [3.63, 3.8) is 0 Å². The fraction of sp³-hybridized carbons (Fsp3) is 0. The van der Waals surface area contributed by atoms with Crippen LogP contribution in [0.2, 0.25) is 0 Å². The largest absolute Gasteiger partial charge is 0.265 e. The van der Waals surface area contributed by atoms with E-state index >= 15 is 0 Å². The molecule has 0 atom stereocenters. The van der Waals surface area contributed by atoms with E-state index in [0.717, 1.165) is 0 Å². The molecule has 0 unspecified atom stereocenters. The zero-order valence-corrected chi connectivity index (χ0v) is 7.41.